The molecule has 2 heterocycles. The Bertz CT molecular complexity index is 640. The lowest BCUT2D eigenvalue weighted by atomic mass is 10.0. The fourth-order valence-electron chi connectivity index (χ4n) is 2.13. The van der Waals surface area contributed by atoms with Crippen molar-refractivity contribution in [1.82, 2.24) is 0 Å². The SMILES string of the molecule is CC(=O)c1ccc(Cc2cc3c(cc2C)OCO3)o1. The highest BCUT2D eigenvalue weighted by atomic mass is 16.7. The van der Waals surface area contributed by atoms with Crippen LogP contribution in [0.3, 0.4) is 0 Å². The molecule has 0 saturated heterocycles. The van der Waals surface area contributed by atoms with Crippen LogP contribution in [0, 0.1) is 6.92 Å². The highest BCUT2D eigenvalue weighted by Crippen LogP contribution is 2.35. The number of hydrogen-bond acceptors (Lipinski definition) is 4. The van der Waals surface area contributed by atoms with Crippen molar-refractivity contribution in [2.45, 2.75) is 20.3 Å². The van der Waals surface area contributed by atoms with E-state index in [2.05, 4.69) is 0 Å². The van der Waals surface area contributed by atoms with E-state index in [0.29, 0.717) is 12.2 Å². The molecule has 0 fully saturated rings. The summed E-state index contributed by atoms with van der Waals surface area (Å²) in [5.41, 5.74) is 2.22. The quantitative estimate of drug-likeness (QED) is 0.794. The van der Waals surface area contributed by atoms with Crippen molar-refractivity contribution < 1.29 is 18.7 Å². The van der Waals surface area contributed by atoms with Crippen LogP contribution in [0.2, 0.25) is 0 Å². The largest absolute Gasteiger partial charge is 0.458 e. The van der Waals surface area contributed by atoms with Crippen LogP contribution in [-0.4, -0.2) is 12.6 Å². The van der Waals surface area contributed by atoms with Gasteiger partial charge in [0.25, 0.3) is 0 Å². The molecule has 98 valence electrons. The number of rotatable bonds is 3. The van der Waals surface area contributed by atoms with Gasteiger partial charge in [-0.25, -0.2) is 0 Å². The lowest BCUT2D eigenvalue weighted by Crippen LogP contribution is -1.93. The number of fused-ring (bicyclic) bond motifs is 1. The minimum absolute atomic E-state index is 0.0614. The molecule has 0 saturated carbocycles. The van der Waals surface area contributed by atoms with E-state index >= 15 is 0 Å². The van der Waals surface area contributed by atoms with Crippen LogP contribution < -0.4 is 9.47 Å². The molecule has 0 bridgehead atoms. The maximum Gasteiger partial charge on any atom is 0.231 e. The molecule has 1 aromatic carbocycles. The Labute approximate surface area is 110 Å². The molecule has 0 atom stereocenters. The lowest BCUT2D eigenvalue weighted by molar-refractivity contribution is 0.0985. The van der Waals surface area contributed by atoms with E-state index in [-0.39, 0.29) is 12.6 Å². The standard InChI is InChI=1S/C15H14O4/c1-9-5-14-15(18-8-17-14)7-11(9)6-12-3-4-13(19-12)10(2)16/h3-5,7H,6,8H2,1-2H3. The zero-order valence-corrected chi connectivity index (χ0v) is 10.9. The van der Waals surface area contributed by atoms with Crippen molar-refractivity contribution in [2.24, 2.45) is 0 Å². The third-order valence-electron chi connectivity index (χ3n) is 3.20. The summed E-state index contributed by atoms with van der Waals surface area (Å²) >= 11 is 0. The van der Waals surface area contributed by atoms with Crippen LogP contribution in [0.5, 0.6) is 11.5 Å². The van der Waals surface area contributed by atoms with Crippen LogP contribution >= 0.6 is 0 Å². The van der Waals surface area contributed by atoms with Crippen molar-refractivity contribution in [3.05, 3.63) is 46.9 Å². The number of ether oxygens (including phenoxy) is 2. The molecule has 3 rings (SSSR count). The summed E-state index contributed by atoms with van der Waals surface area (Å²) in [7, 11) is 0. The van der Waals surface area contributed by atoms with E-state index in [4.69, 9.17) is 13.9 Å². The van der Waals surface area contributed by atoms with E-state index in [1.165, 1.54) is 6.92 Å². The zero-order chi connectivity index (χ0) is 13.4. The first-order valence-electron chi connectivity index (χ1n) is 6.12. The number of hydrogen-bond donors (Lipinski definition) is 0. The maximum atomic E-state index is 11.2. The van der Waals surface area contributed by atoms with Gasteiger partial charge in [0.15, 0.2) is 23.0 Å². The molecule has 0 spiro atoms. The van der Waals surface area contributed by atoms with Gasteiger partial charge in [-0.1, -0.05) is 0 Å². The fraction of sp³-hybridized carbons (Fsp3) is 0.267. The summed E-state index contributed by atoms with van der Waals surface area (Å²) in [5.74, 6) is 2.65. The van der Waals surface area contributed by atoms with Crippen LogP contribution in [0.4, 0.5) is 0 Å². The third kappa shape index (κ3) is 2.21. The summed E-state index contributed by atoms with van der Waals surface area (Å²) in [4.78, 5) is 11.2. The Kier molecular flexibility index (Phi) is 2.78. The van der Waals surface area contributed by atoms with E-state index in [0.717, 1.165) is 28.4 Å². The smallest absolute Gasteiger partial charge is 0.231 e. The van der Waals surface area contributed by atoms with E-state index < -0.39 is 0 Å². The Morgan fingerprint density at radius 1 is 1.21 bits per heavy atom. The molecule has 0 amide bonds. The Balaban J connectivity index is 1.88. The van der Waals surface area contributed by atoms with Crippen molar-refractivity contribution in [3.63, 3.8) is 0 Å². The molecule has 0 unspecified atom stereocenters. The predicted molar refractivity (Wildman–Crippen MR) is 68.8 cm³/mol. The topological polar surface area (TPSA) is 48.7 Å². The predicted octanol–water partition coefficient (Wildman–Crippen LogP) is 3.11. The van der Waals surface area contributed by atoms with Crippen molar-refractivity contribution >= 4 is 5.78 Å². The first-order chi connectivity index (χ1) is 9.13. The number of Topliss-reactive ketones (excluding diaryl/α,β-unsaturated/α-hetero) is 1. The molecule has 2 aromatic rings. The lowest BCUT2D eigenvalue weighted by Gasteiger charge is -2.06. The first kappa shape index (κ1) is 11.8. The Morgan fingerprint density at radius 3 is 2.63 bits per heavy atom. The average Bonchev–Trinajstić information content (AvgIpc) is 2.98. The van der Waals surface area contributed by atoms with Gasteiger partial charge >= 0.3 is 0 Å². The average molecular weight is 258 g/mol. The van der Waals surface area contributed by atoms with Gasteiger partial charge in [-0.15, -0.1) is 0 Å². The van der Waals surface area contributed by atoms with Gasteiger partial charge < -0.3 is 13.9 Å². The molecule has 0 aliphatic carbocycles. The maximum absolute atomic E-state index is 11.2. The Morgan fingerprint density at radius 2 is 1.95 bits per heavy atom. The summed E-state index contributed by atoms with van der Waals surface area (Å²) in [5, 5.41) is 0. The van der Waals surface area contributed by atoms with Gasteiger partial charge in [0.2, 0.25) is 6.79 Å². The minimum atomic E-state index is -0.0614. The number of carbonyl (C=O) groups excluding carboxylic acids is 1. The summed E-state index contributed by atoms with van der Waals surface area (Å²) in [6, 6.07) is 7.47. The molecule has 4 nitrogen and oxygen atoms in total. The van der Waals surface area contributed by atoms with Crippen LogP contribution in [0.15, 0.2) is 28.7 Å². The normalized spacial score (nSPS) is 12.7. The summed E-state index contributed by atoms with van der Waals surface area (Å²) < 4.78 is 16.2. The van der Waals surface area contributed by atoms with E-state index in [9.17, 15) is 4.79 Å². The number of carbonyl (C=O) groups is 1. The summed E-state index contributed by atoms with van der Waals surface area (Å²) in [6.45, 7) is 3.79. The second-order valence-corrected chi connectivity index (χ2v) is 4.63. The highest BCUT2D eigenvalue weighted by Gasteiger charge is 2.16. The number of aryl methyl sites for hydroxylation is 1. The molecule has 19 heavy (non-hydrogen) atoms. The van der Waals surface area contributed by atoms with Crippen LogP contribution in [-0.2, 0) is 6.42 Å². The van der Waals surface area contributed by atoms with Crippen molar-refractivity contribution in [2.75, 3.05) is 6.79 Å². The zero-order valence-electron chi connectivity index (χ0n) is 10.9. The van der Waals surface area contributed by atoms with Gasteiger partial charge in [0.05, 0.1) is 0 Å². The number of ketones is 1. The highest BCUT2D eigenvalue weighted by molar-refractivity contribution is 5.91. The third-order valence-corrected chi connectivity index (χ3v) is 3.20. The van der Waals surface area contributed by atoms with E-state index in [1.54, 1.807) is 6.07 Å². The molecule has 0 N–H and O–H groups in total. The molecule has 1 aliphatic heterocycles. The molecule has 4 heteroatoms. The van der Waals surface area contributed by atoms with Crippen LogP contribution in [0.1, 0.15) is 34.4 Å². The molecule has 0 radical (unpaired) electrons. The van der Waals surface area contributed by atoms with Gasteiger partial charge in [-0.3, -0.25) is 4.79 Å². The van der Waals surface area contributed by atoms with Gasteiger partial charge in [0, 0.05) is 13.3 Å². The molecule has 1 aliphatic rings. The van der Waals surface area contributed by atoms with Crippen molar-refractivity contribution in [1.29, 1.82) is 0 Å². The molecular formula is C15H14O4. The minimum Gasteiger partial charge on any atom is -0.458 e. The summed E-state index contributed by atoms with van der Waals surface area (Å²) in [6.07, 6.45) is 0.635. The molecular weight excluding hydrogens is 244 g/mol. The second-order valence-electron chi connectivity index (χ2n) is 4.63. The molecule has 1 aromatic heterocycles. The number of benzene rings is 1. The monoisotopic (exact) mass is 258 g/mol. The van der Waals surface area contributed by atoms with E-state index in [1.807, 2.05) is 25.1 Å². The first-order valence-corrected chi connectivity index (χ1v) is 6.12. The van der Waals surface area contributed by atoms with Gasteiger partial charge in [-0.2, -0.15) is 0 Å². The fourth-order valence-corrected chi connectivity index (χ4v) is 2.13. The van der Waals surface area contributed by atoms with Gasteiger partial charge in [0.1, 0.15) is 5.76 Å². The second kappa shape index (κ2) is 4.46. The van der Waals surface area contributed by atoms with Gasteiger partial charge in [-0.05, 0) is 42.3 Å². The van der Waals surface area contributed by atoms with Crippen molar-refractivity contribution in [3.8, 4) is 11.5 Å². The van der Waals surface area contributed by atoms with Crippen LogP contribution in [0.25, 0.3) is 0 Å². The number of furan rings is 1. The Hall–Kier alpha value is -2.23.